The molecule has 0 saturated carbocycles. The molecule has 2 aromatic heterocycles. The minimum absolute atomic E-state index is 0.411. The lowest BCUT2D eigenvalue weighted by atomic mass is 10.0. The maximum Gasteiger partial charge on any atom is 0.143 e. The van der Waals surface area contributed by atoms with Gasteiger partial charge in [-0.1, -0.05) is 84.9 Å². The quantitative estimate of drug-likeness (QED) is 0.225. The van der Waals surface area contributed by atoms with E-state index >= 15 is 0 Å². The van der Waals surface area contributed by atoms with Crippen molar-refractivity contribution in [2.75, 3.05) is 5.73 Å². The van der Waals surface area contributed by atoms with Gasteiger partial charge in [-0.25, -0.2) is 0 Å². The molecule has 8 rings (SSSR count). The Morgan fingerprint density at radius 2 is 1.24 bits per heavy atom. The third kappa shape index (κ3) is 3.84. The van der Waals surface area contributed by atoms with Crippen LogP contribution in [0.1, 0.15) is 5.56 Å². The van der Waals surface area contributed by atoms with E-state index in [4.69, 9.17) is 14.9 Å². The fourth-order valence-corrected chi connectivity index (χ4v) is 5.92. The molecule has 6 aromatic carbocycles. The molecule has 0 spiro atoms. The summed E-state index contributed by atoms with van der Waals surface area (Å²) >= 11 is 0. The van der Waals surface area contributed by atoms with E-state index in [0.717, 1.165) is 44.3 Å². The highest BCUT2D eigenvalue weighted by Crippen LogP contribution is 2.40. The zero-order chi connectivity index (χ0) is 27.3. The highest BCUT2D eigenvalue weighted by molar-refractivity contribution is 6.13. The summed E-state index contributed by atoms with van der Waals surface area (Å²) in [4.78, 5) is 0. The van der Waals surface area contributed by atoms with E-state index in [1.54, 1.807) is 0 Å². The van der Waals surface area contributed by atoms with Gasteiger partial charge in [-0.2, -0.15) is 0 Å². The maximum absolute atomic E-state index is 6.69. The molecule has 0 aliphatic carbocycles. The maximum atomic E-state index is 6.69. The van der Waals surface area contributed by atoms with Crippen molar-refractivity contribution in [3.8, 4) is 22.6 Å². The fourth-order valence-electron chi connectivity index (χ4n) is 5.92. The van der Waals surface area contributed by atoms with E-state index in [1.807, 2.05) is 36.4 Å². The van der Waals surface area contributed by atoms with Gasteiger partial charge in [0.1, 0.15) is 23.5 Å². The standard InChI is InChI=1S/C37H26N2O2/c38-37-35(21-20-34-36(37)30-22-26(16-19-33(30)41-34)25-8-2-1-3-9-25)40-23-24-14-17-27(18-15-24)39-31-12-6-4-10-28(31)29-11-5-7-13-32(29)39/h1-22H,23,38H2. The average Bonchev–Trinajstić information content (AvgIpc) is 3.57. The zero-order valence-corrected chi connectivity index (χ0v) is 22.2. The molecule has 0 aliphatic rings. The first-order valence-corrected chi connectivity index (χ1v) is 13.7. The van der Waals surface area contributed by atoms with Crippen LogP contribution in [0.25, 0.3) is 60.6 Å². The Labute approximate surface area is 236 Å². The Balaban J connectivity index is 1.10. The second-order valence-electron chi connectivity index (χ2n) is 10.4. The number of hydrogen-bond donors (Lipinski definition) is 1. The minimum Gasteiger partial charge on any atom is -0.487 e. The van der Waals surface area contributed by atoms with Crippen LogP contribution in [-0.2, 0) is 6.61 Å². The number of fused-ring (bicyclic) bond motifs is 6. The van der Waals surface area contributed by atoms with Crippen molar-refractivity contribution < 1.29 is 9.15 Å². The fraction of sp³-hybridized carbons (Fsp3) is 0.0270. The Bertz CT molecular complexity index is 2150. The van der Waals surface area contributed by atoms with Gasteiger partial charge in [0.15, 0.2) is 0 Å². The van der Waals surface area contributed by atoms with Crippen LogP contribution in [0, 0.1) is 0 Å². The van der Waals surface area contributed by atoms with E-state index in [-0.39, 0.29) is 0 Å². The van der Waals surface area contributed by atoms with Gasteiger partial charge in [0.05, 0.1) is 22.1 Å². The number of nitrogens with zero attached hydrogens (tertiary/aromatic N) is 1. The van der Waals surface area contributed by atoms with Crippen molar-refractivity contribution in [2.24, 2.45) is 0 Å². The summed E-state index contributed by atoms with van der Waals surface area (Å²) in [5.41, 5.74) is 15.7. The number of furan rings is 1. The van der Waals surface area contributed by atoms with Crippen LogP contribution in [0.2, 0.25) is 0 Å². The van der Waals surface area contributed by atoms with Gasteiger partial charge < -0.3 is 19.5 Å². The van der Waals surface area contributed by atoms with Crippen molar-refractivity contribution in [3.05, 3.63) is 139 Å². The summed E-state index contributed by atoms with van der Waals surface area (Å²) in [7, 11) is 0. The first-order valence-electron chi connectivity index (χ1n) is 13.7. The third-order valence-electron chi connectivity index (χ3n) is 7.91. The molecule has 0 aliphatic heterocycles. The number of anilines is 1. The first kappa shape index (κ1) is 23.4. The lowest BCUT2D eigenvalue weighted by Crippen LogP contribution is -2.00. The van der Waals surface area contributed by atoms with Crippen LogP contribution in [0.5, 0.6) is 5.75 Å². The molecule has 0 amide bonds. The largest absolute Gasteiger partial charge is 0.487 e. The summed E-state index contributed by atoms with van der Waals surface area (Å²) in [6, 6.07) is 46.0. The smallest absolute Gasteiger partial charge is 0.143 e. The molecule has 0 bridgehead atoms. The van der Waals surface area contributed by atoms with Gasteiger partial charge in [0.25, 0.3) is 0 Å². The van der Waals surface area contributed by atoms with Gasteiger partial charge in [-0.3, -0.25) is 0 Å². The highest BCUT2D eigenvalue weighted by Gasteiger charge is 2.15. The Hall–Kier alpha value is -5.48. The topological polar surface area (TPSA) is 53.3 Å². The molecule has 196 valence electrons. The predicted molar refractivity (Wildman–Crippen MR) is 169 cm³/mol. The van der Waals surface area contributed by atoms with E-state index in [9.17, 15) is 0 Å². The van der Waals surface area contributed by atoms with E-state index in [1.165, 1.54) is 21.8 Å². The van der Waals surface area contributed by atoms with Crippen LogP contribution < -0.4 is 10.5 Å². The molecule has 4 nitrogen and oxygen atoms in total. The minimum atomic E-state index is 0.411. The van der Waals surface area contributed by atoms with E-state index < -0.39 is 0 Å². The van der Waals surface area contributed by atoms with Crippen molar-refractivity contribution in [3.63, 3.8) is 0 Å². The summed E-state index contributed by atoms with van der Waals surface area (Å²) in [5, 5.41) is 4.38. The second kappa shape index (κ2) is 9.32. The van der Waals surface area contributed by atoms with Crippen LogP contribution >= 0.6 is 0 Å². The van der Waals surface area contributed by atoms with Crippen LogP contribution in [0.15, 0.2) is 138 Å². The number of para-hydroxylation sites is 2. The number of rotatable bonds is 5. The number of nitrogen functional groups attached to an aromatic ring is 1. The lowest BCUT2D eigenvalue weighted by molar-refractivity contribution is 0.308. The molecule has 4 heteroatoms. The zero-order valence-electron chi connectivity index (χ0n) is 22.2. The number of hydrogen-bond acceptors (Lipinski definition) is 3. The monoisotopic (exact) mass is 530 g/mol. The number of aromatic nitrogens is 1. The van der Waals surface area contributed by atoms with Crippen LogP contribution in [-0.4, -0.2) is 4.57 Å². The molecule has 0 fully saturated rings. The molecule has 0 radical (unpaired) electrons. The summed E-state index contributed by atoms with van der Waals surface area (Å²) in [5.74, 6) is 0.650. The van der Waals surface area contributed by atoms with Crippen molar-refractivity contribution in [1.29, 1.82) is 0 Å². The highest BCUT2D eigenvalue weighted by atomic mass is 16.5. The predicted octanol–water partition coefficient (Wildman–Crippen LogP) is 9.51. The molecule has 0 unspecified atom stereocenters. The van der Waals surface area contributed by atoms with Crippen molar-refractivity contribution in [1.82, 2.24) is 4.57 Å². The normalized spacial score (nSPS) is 11.6. The molecular formula is C37H26N2O2. The summed E-state index contributed by atoms with van der Waals surface area (Å²) in [6.07, 6.45) is 0. The second-order valence-corrected chi connectivity index (χ2v) is 10.4. The molecule has 41 heavy (non-hydrogen) atoms. The third-order valence-corrected chi connectivity index (χ3v) is 7.91. The molecule has 8 aromatic rings. The van der Waals surface area contributed by atoms with Crippen molar-refractivity contribution >= 4 is 49.4 Å². The Morgan fingerprint density at radius 1 is 0.585 bits per heavy atom. The van der Waals surface area contributed by atoms with Gasteiger partial charge in [0.2, 0.25) is 0 Å². The Morgan fingerprint density at radius 3 is 1.98 bits per heavy atom. The molecule has 2 N–H and O–H groups in total. The summed E-state index contributed by atoms with van der Waals surface area (Å²) < 4.78 is 14.7. The molecular weight excluding hydrogens is 504 g/mol. The number of nitrogens with two attached hydrogens (primary N) is 1. The lowest BCUT2D eigenvalue weighted by Gasteiger charge is -2.12. The van der Waals surface area contributed by atoms with Gasteiger partial charge in [-0.05, 0) is 65.2 Å². The van der Waals surface area contributed by atoms with Gasteiger partial charge in [0, 0.05) is 21.8 Å². The molecule has 0 saturated heterocycles. The SMILES string of the molecule is Nc1c(OCc2ccc(-n3c4ccccc4c4ccccc43)cc2)ccc2oc3ccc(-c4ccccc4)cc3c12. The van der Waals surface area contributed by atoms with E-state index in [2.05, 4.69) is 102 Å². The van der Waals surface area contributed by atoms with Crippen molar-refractivity contribution in [2.45, 2.75) is 6.61 Å². The molecule has 0 atom stereocenters. The first-order chi connectivity index (χ1) is 20.2. The summed E-state index contributed by atoms with van der Waals surface area (Å²) in [6.45, 7) is 0.411. The number of benzene rings is 6. The van der Waals surface area contributed by atoms with Crippen LogP contribution in [0.4, 0.5) is 5.69 Å². The van der Waals surface area contributed by atoms with Crippen LogP contribution in [0.3, 0.4) is 0 Å². The van der Waals surface area contributed by atoms with E-state index in [0.29, 0.717) is 18.0 Å². The van der Waals surface area contributed by atoms with Gasteiger partial charge >= 0.3 is 0 Å². The van der Waals surface area contributed by atoms with Gasteiger partial charge in [-0.15, -0.1) is 0 Å². The average molecular weight is 531 g/mol. The Kier molecular flexibility index (Phi) is 5.32. The molecule has 2 heterocycles. The number of ether oxygens (including phenoxy) is 1.